The zero-order valence-electron chi connectivity index (χ0n) is 24.0. The van der Waals surface area contributed by atoms with E-state index in [2.05, 4.69) is 0 Å². The Kier molecular flexibility index (Phi) is 8.89. The van der Waals surface area contributed by atoms with Crippen molar-refractivity contribution < 1.29 is 55.3 Å². The summed E-state index contributed by atoms with van der Waals surface area (Å²) in [5, 5.41) is 19.7. The van der Waals surface area contributed by atoms with Crippen molar-refractivity contribution in [2.24, 2.45) is 17.8 Å². The fraction of sp³-hybridized carbons (Fsp3) is 0.438. The molecular weight excluding hydrogens is 611 g/mol. The number of carbonyl (C=O) groups excluding carboxylic acids is 2. The molecule has 2 amide bonds. The molecule has 0 saturated carbocycles. The highest BCUT2D eigenvalue weighted by molar-refractivity contribution is 6.22. The molecule has 2 heterocycles. The molecule has 45 heavy (non-hydrogen) atoms. The Morgan fingerprint density at radius 2 is 1.64 bits per heavy atom. The van der Waals surface area contributed by atoms with Crippen LogP contribution in [0.3, 0.4) is 0 Å². The molecule has 0 aromatic heterocycles. The number of allylic oxidation sites excluding steroid dienone is 1. The quantitative estimate of drug-likeness (QED) is 0.183. The third-order valence-electron chi connectivity index (χ3n) is 8.67. The maximum atomic E-state index is 13.9. The van der Waals surface area contributed by atoms with Gasteiger partial charge < -0.3 is 14.9 Å². The second-order valence-electron chi connectivity index (χ2n) is 11.6. The Labute approximate surface area is 253 Å². The van der Waals surface area contributed by atoms with Gasteiger partial charge in [-0.1, -0.05) is 31.1 Å². The summed E-state index contributed by atoms with van der Waals surface area (Å²) in [5.41, 5.74) is -1.53. The van der Waals surface area contributed by atoms with E-state index >= 15 is 0 Å². The van der Waals surface area contributed by atoms with Crippen molar-refractivity contribution >= 4 is 23.6 Å². The topological polar surface area (TPSA) is 87.1 Å². The molecule has 0 unspecified atom stereocenters. The molecule has 2 aromatic carbocycles. The summed E-state index contributed by atoms with van der Waals surface area (Å²) in [6, 6.07) is 4.68. The number of alkyl halides is 6. The number of phenolic OH excluding ortho intramolecular Hbond substituents is 1. The first-order valence-electron chi connectivity index (χ1n) is 14.4. The first kappa shape index (κ1) is 32.7. The van der Waals surface area contributed by atoms with Crippen molar-refractivity contribution in [2.45, 2.75) is 57.5 Å². The average Bonchev–Trinajstić information content (AvgIpc) is 3.50. The number of imide groups is 1. The lowest BCUT2D eigenvalue weighted by Gasteiger charge is -2.31. The zero-order valence-corrected chi connectivity index (χ0v) is 24.0. The summed E-state index contributed by atoms with van der Waals surface area (Å²) in [5.74, 6) is -5.94. The van der Waals surface area contributed by atoms with Crippen LogP contribution in [0.4, 0.5) is 36.4 Å². The van der Waals surface area contributed by atoms with Gasteiger partial charge in [0.25, 0.3) is 0 Å². The number of aliphatic hydroxyl groups is 1. The van der Waals surface area contributed by atoms with Crippen molar-refractivity contribution in [2.75, 3.05) is 18.1 Å². The smallest absolute Gasteiger partial charge is 0.416 e. The fourth-order valence-corrected chi connectivity index (χ4v) is 6.70. The number of phenols is 1. The molecule has 13 heteroatoms. The van der Waals surface area contributed by atoms with Gasteiger partial charge in [-0.25, -0.2) is 9.29 Å². The van der Waals surface area contributed by atoms with Crippen molar-refractivity contribution in [1.82, 2.24) is 0 Å². The Morgan fingerprint density at radius 1 is 0.978 bits per heavy atom. The van der Waals surface area contributed by atoms with E-state index in [4.69, 9.17) is 4.74 Å². The van der Waals surface area contributed by atoms with E-state index in [1.54, 1.807) is 12.1 Å². The Morgan fingerprint density at radius 3 is 2.22 bits per heavy atom. The number of hydrogen-bond acceptors (Lipinski definition) is 5. The summed E-state index contributed by atoms with van der Waals surface area (Å²) in [4.78, 5) is 27.5. The van der Waals surface area contributed by atoms with Crippen LogP contribution >= 0.6 is 0 Å². The molecule has 2 saturated heterocycles. The van der Waals surface area contributed by atoms with Crippen LogP contribution in [0.25, 0.3) is 6.08 Å². The number of benzene rings is 2. The standard InChI is InChI=1S/C32H30F7NO5/c1-2-3-16(8-17-4-6-25(42)24(33)9-17)5-7-26-27-18(14-41)10-22-28(23(27)15-45-26)30(44)40(29(22)43)21-12-19(31(34,35)36)11-20(13-21)32(37,38)39/h4,6,8-9,11-13,22-23,26,28,41-42H,2-3,5,7,10,14-15H2,1H3/b16-8+/t22-,23+,26-,28-/m1/s1. The van der Waals surface area contributed by atoms with E-state index in [-0.39, 0.29) is 19.1 Å². The Bertz CT molecular complexity index is 1530. The molecule has 2 N–H and O–H groups in total. The lowest BCUT2D eigenvalue weighted by molar-refractivity contribution is -0.143. The van der Waals surface area contributed by atoms with E-state index in [1.165, 1.54) is 12.1 Å². The molecule has 2 fully saturated rings. The van der Waals surface area contributed by atoms with Crippen molar-refractivity contribution in [3.8, 4) is 5.75 Å². The van der Waals surface area contributed by atoms with Crippen LogP contribution in [0.2, 0.25) is 0 Å². The number of fused-ring (bicyclic) bond motifs is 3. The predicted molar refractivity (Wildman–Crippen MR) is 148 cm³/mol. The van der Waals surface area contributed by atoms with E-state index in [1.807, 2.05) is 6.92 Å². The van der Waals surface area contributed by atoms with E-state index in [9.17, 15) is 50.5 Å². The highest BCUT2D eigenvalue weighted by Gasteiger charge is 2.57. The third kappa shape index (κ3) is 6.37. The molecule has 3 aliphatic rings. The summed E-state index contributed by atoms with van der Waals surface area (Å²) in [6.07, 6.45) is -6.82. The number of hydrogen-bond donors (Lipinski definition) is 2. The van der Waals surface area contributed by atoms with Gasteiger partial charge in [-0.3, -0.25) is 9.59 Å². The molecule has 6 nitrogen and oxygen atoms in total. The number of aromatic hydroxyl groups is 1. The van der Waals surface area contributed by atoms with Crippen LogP contribution in [0.1, 0.15) is 55.7 Å². The number of halogens is 7. The molecule has 1 aliphatic carbocycles. The van der Waals surface area contributed by atoms with Gasteiger partial charge in [0.15, 0.2) is 11.6 Å². The SMILES string of the molecule is CCC/C(=C\c1ccc(O)c(F)c1)CC[C@H]1OC[C@H]2C1=C(CO)C[C@H]1C(=O)N(c3cc(C(F)(F)F)cc(C(F)(F)F)c3)C(=O)[C@H]12. The molecule has 5 rings (SSSR count). The molecule has 4 atom stereocenters. The summed E-state index contributed by atoms with van der Waals surface area (Å²) in [7, 11) is 0. The normalized spacial score (nSPS) is 24.0. The highest BCUT2D eigenvalue weighted by atomic mass is 19.4. The number of nitrogens with zero attached hydrogens (tertiary/aromatic N) is 1. The molecule has 0 spiro atoms. The largest absolute Gasteiger partial charge is 0.505 e. The third-order valence-corrected chi connectivity index (χ3v) is 8.67. The van der Waals surface area contributed by atoms with Gasteiger partial charge in [-0.2, -0.15) is 26.3 Å². The van der Waals surface area contributed by atoms with Gasteiger partial charge in [0.05, 0.1) is 48.0 Å². The minimum atomic E-state index is -5.17. The van der Waals surface area contributed by atoms with Crippen molar-refractivity contribution in [3.05, 3.63) is 75.6 Å². The monoisotopic (exact) mass is 641 g/mol. The lowest BCUT2D eigenvalue weighted by atomic mass is 9.69. The van der Waals surface area contributed by atoms with Gasteiger partial charge in [0, 0.05) is 5.92 Å². The fourth-order valence-electron chi connectivity index (χ4n) is 6.70. The highest BCUT2D eigenvalue weighted by Crippen LogP contribution is 2.51. The van der Waals surface area contributed by atoms with Gasteiger partial charge in [-0.05, 0) is 72.7 Å². The minimum absolute atomic E-state index is 0.0239. The summed E-state index contributed by atoms with van der Waals surface area (Å²) >= 11 is 0. The maximum Gasteiger partial charge on any atom is 0.416 e. The second kappa shape index (κ2) is 12.2. The lowest BCUT2D eigenvalue weighted by Crippen LogP contribution is -2.35. The minimum Gasteiger partial charge on any atom is -0.505 e. The number of amides is 2. The average molecular weight is 642 g/mol. The van der Waals surface area contributed by atoms with Gasteiger partial charge in [0.2, 0.25) is 11.8 Å². The van der Waals surface area contributed by atoms with Gasteiger partial charge >= 0.3 is 12.4 Å². The molecule has 0 radical (unpaired) electrons. The second-order valence-corrected chi connectivity index (χ2v) is 11.6. The van der Waals surface area contributed by atoms with E-state index < -0.39 is 83.0 Å². The van der Waals surface area contributed by atoms with Crippen LogP contribution in [-0.4, -0.2) is 41.3 Å². The van der Waals surface area contributed by atoms with Crippen LogP contribution in [0.5, 0.6) is 5.75 Å². The van der Waals surface area contributed by atoms with Crippen LogP contribution in [0, 0.1) is 23.6 Å². The van der Waals surface area contributed by atoms with E-state index in [0.29, 0.717) is 53.0 Å². The number of rotatable bonds is 8. The van der Waals surface area contributed by atoms with Gasteiger partial charge in [0.1, 0.15) is 0 Å². The molecule has 242 valence electrons. The zero-order chi connectivity index (χ0) is 32.8. The predicted octanol–water partition coefficient (Wildman–Crippen LogP) is 7.05. The van der Waals surface area contributed by atoms with Crippen molar-refractivity contribution in [1.29, 1.82) is 0 Å². The Hall–Kier alpha value is -3.71. The molecular formula is C32H30F7NO5. The maximum absolute atomic E-state index is 13.9. The molecule has 2 aliphatic heterocycles. The van der Waals surface area contributed by atoms with Crippen LogP contribution in [0.15, 0.2) is 53.1 Å². The summed E-state index contributed by atoms with van der Waals surface area (Å²) in [6.45, 7) is 1.48. The van der Waals surface area contributed by atoms with Gasteiger partial charge in [-0.15, -0.1) is 0 Å². The first-order chi connectivity index (χ1) is 21.1. The number of anilines is 1. The molecule has 2 aromatic rings. The molecule has 0 bridgehead atoms. The summed E-state index contributed by atoms with van der Waals surface area (Å²) < 4.78 is 101. The van der Waals surface area contributed by atoms with Crippen LogP contribution < -0.4 is 4.90 Å². The van der Waals surface area contributed by atoms with Crippen LogP contribution in [-0.2, 0) is 26.7 Å². The van der Waals surface area contributed by atoms with Crippen molar-refractivity contribution in [3.63, 3.8) is 0 Å². The number of aliphatic hydroxyl groups excluding tert-OH is 1. The number of ether oxygens (including phenoxy) is 1. The van der Waals surface area contributed by atoms with E-state index in [0.717, 1.165) is 12.0 Å². The Balaban J connectivity index is 1.42. The first-order valence-corrected chi connectivity index (χ1v) is 14.4. The number of carbonyl (C=O) groups is 2.